The van der Waals surface area contributed by atoms with Crippen molar-refractivity contribution in [1.29, 1.82) is 0 Å². The van der Waals surface area contributed by atoms with Crippen molar-refractivity contribution in [3.8, 4) is 0 Å². The van der Waals surface area contributed by atoms with Gasteiger partial charge in [-0.15, -0.1) is 0 Å². The summed E-state index contributed by atoms with van der Waals surface area (Å²) in [6.07, 6.45) is 4.41. The van der Waals surface area contributed by atoms with Gasteiger partial charge < -0.3 is 5.32 Å². The van der Waals surface area contributed by atoms with Gasteiger partial charge in [0.15, 0.2) is 0 Å². The standard InChI is InChI=1S/C12H24N2O2S/c1-10-5-7-14(11(2)9-10)17(15,16)8-6-13-12-3-4-12/h10-13H,3-9H2,1-2H3. The molecule has 2 atom stereocenters. The Bertz CT molecular complexity index is 352. The molecule has 1 heterocycles. The third kappa shape index (κ3) is 3.66. The highest BCUT2D eigenvalue weighted by Gasteiger charge is 2.32. The fraction of sp³-hybridized carbons (Fsp3) is 1.00. The van der Waals surface area contributed by atoms with Gasteiger partial charge in [0.25, 0.3) is 0 Å². The van der Waals surface area contributed by atoms with E-state index in [1.165, 1.54) is 12.8 Å². The number of nitrogens with one attached hydrogen (secondary N) is 1. The molecule has 2 fully saturated rings. The fourth-order valence-electron chi connectivity index (χ4n) is 2.60. The van der Waals surface area contributed by atoms with Crippen LogP contribution >= 0.6 is 0 Å². The lowest BCUT2D eigenvalue weighted by molar-refractivity contribution is 0.220. The van der Waals surface area contributed by atoms with Crippen LogP contribution in [0.5, 0.6) is 0 Å². The van der Waals surface area contributed by atoms with Crippen molar-refractivity contribution in [2.24, 2.45) is 5.92 Å². The molecule has 2 aliphatic rings. The highest BCUT2D eigenvalue weighted by Crippen LogP contribution is 2.25. The number of hydrogen-bond acceptors (Lipinski definition) is 3. The second-order valence-corrected chi connectivity index (χ2v) is 7.67. The first-order valence-corrected chi connectivity index (χ1v) is 8.33. The third-order valence-electron chi connectivity index (χ3n) is 3.81. The van der Waals surface area contributed by atoms with Crippen LogP contribution in [0, 0.1) is 5.92 Å². The quantitative estimate of drug-likeness (QED) is 0.808. The van der Waals surface area contributed by atoms with E-state index >= 15 is 0 Å². The van der Waals surface area contributed by atoms with E-state index in [4.69, 9.17) is 0 Å². The lowest BCUT2D eigenvalue weighted by Gasteiger charge is -2.35. The topological polar surface area (TPSA) is 49.4 Å². The summed E-state index contributed by atoms with van der Waals surface area (Å²) >= 11 is 0. The maximum Gasteiger partial charge on any atom is 0.215 e. The van der Waals surface area contributed by atoms with Crippen molar-refractivity contribution in [2.45, 2.75) is 51.6 Å². The zero-order chi connectivity index (χ0) is 12.5. The Morgan fingerprint density at radius 3 is 2.53 bits per heavy atom. The van der Waals surface area contributed by atoms with Gasteiger partial charge in [-0.2, -0.15) is 4.31 Å². The van der Waals surface area contributed by atoms with Crippen LogP contribution in [0.25, 0.3) is 0 Å². The van der Waals surface area contributed by atoms with Gasteiger partial charge in [-0.25, -0.2) is 8.42 Å². The van der Waals surface area contributed by atoms with Crippen LogP contribution in [0.2, 0.25) is 0 Å². The summed E-state index contributed by atoms with van der Waals surface area (Å²) in [5, 5.41) is 3.27. The molecular weight excluding hydrogens is 236 g/mol. The van der Waals surface area contributed by atoms with E-state index in [0.29, 0.717) is 25.0 Å². The lowest BCUT2D eigenvalue weighted by Crippen LogP contribution is -2.46. The van der Waals surface area contributed by atoms with E-state index in [9.17, 15) is 8.42 Å². The molecule has 2 rings (SSSR count). The minimum absolute atomic E-state index is 0.171. The molecule has 1 aliphatic heterocycles. The van der Waals surface area contributed by atoms with Gasteiger partial charge in [0.2, 0.25) is 10.0 Å². The second kappa shape index (κ2) is 5.24. The van der Waals surface area contributed by atoms with E-state index in [0.717, 1.165) is 12.8 Å². The average Bonchev–Trinajstić information content (AvgIpc) is 3.00. The van der Waals surface area contributed by atoms with Crippen LogP contribution in [0.3, 0.4) is 0 Å². The first-order chi connectivity index (χ1) is 7.99. The van der Waals surface area contributed by atoms with Gasteiger partial charge in [0.1, 0.15) is 0 Å². The summed E-state index contributed by atoms with van der Waals surface area (Å²) < 4.78 is 26.1. The van der Waals surface area contributed by atoms with Crippen molar-refractivity contribution in [1.82, 2.24) is 9.62 Å². The van der Waals surface area contributed by atoms with E-state index in [1.807, 2.05) is 6.92 Å². The summed E-state index contributed by atoms with van der Waals surface area (Å²) in [7, 11) is -3.05. The van der Waals surface area contributed by atoms with Gasteiger partial charge in [-0.3, -0.25) is 0 Å². The van der Waals surface area contributed by atoms with Crippen molar-refractivity contribution < 1.29 is 8.42 Å². The Morgan fingerprint density at radius 2 is 1.94 bits per heavy atom. The smallest absolute Gasteiger partial charge is 0.215 e. The number of piperidine rings is 1. The summed E-state index contributed by atoms with van der Waals surface area (Å²) in [6, 6.07) is 0.758. The molecule has 2 unspecified atom stereocenters. The predicted octanol–water partition coefficient (Wildman–Crippen LogP) is 1.19. The monoisotopic (exact) mass is 260 g/mol. The van der Waals surface area contributed by atoms with Crippen molar-refractivity contribution in [3.63, 3.8) is 0 Å². The minimum atomic E-state index is -3.05. The molecule has 0 aromatic carbocycles. The molecule has 1 N–H and O–H groups in total. The molecule has 0 aromatic rings. The Kier molecular flexibility index (Phi) is 4.10. The lowest BCUT2D eigenvalue weighted by atomic mass is 9.95. The SMILES string of the molecule is CC1CCN(S(=O)(=O)CCNC2CC2)C(C)C1. The molecule has 100 valence electrons. The van der Waals surface area contributed by atoms with Gasteiger partial charge in [0, 0.05) is 25.2 Å². The zero-order valence-corrected chi connectivity index (χ0v) is 11.7. The molecule has 4 nitrogen and oxygen atoms in total. The van der Waals surface area contributed by atoms with Crippen LogP contribution in [0.1, 0.15) is 39.5 Å². The molecule has 0 spiro atoms. The first kappa shape index (κ1) is 13.3. The molecule has 17 heavy (non-hydrogen) atoms. The molecule has 1 saturated carbocycles. The predicted molar refractivity (Wildman–Crippen MR) is 69.4 cm³/mol. The molecule has 0 amide bonds. The number of nitrogens with zero attached hydrogens (tertiary/aromatic N) is 1. The molecule has 1 aliphatic carbocycles. The van der Waals surface area contributed by atoms with Crippen LogP contribution in [-0.4, -0.2) is 43.6 Å². The molecular formula is C12H24N2O2S. The van der Waals surface area contributed by atoms with Crippen molar-refractivity contribution >= 4 is 10.0 Å². The second-order valence-electron chi connectivity index (χ2n) is 5.63. The Labute approximate surface area is 105 Å². The average molecular weight is 260 g/mol. The minimum Gasteiger partial charge on any atom is -0.313 e. The molecule has 0 bridgehead atoms. The highest BCUT2D eigenvalue weighted by molar-refractivity contribution is 7.89. The van der Waals surface area contributed by atoms with Crippen LogP contribution in [0.15, 0.2) is 0 Å². The molecule has 5 heteroatoms. The molecule has 0 radical (unpaired) electrons. The zero-order valence-electron chi connectivity index (χ0n) is 10.9. The van der Waals surface area contributed by atoms with Crippen LogP contribution in [0.4, 0.5) is 0 Å². The summed E-state index contributed by atoms with van der Waals surface area (Å²) in [5.41, 5.74) is 0. The Hall–Kier alpha value is -0.130. The van der Waals surface area contributed by atoms with Gasteiger partial charge in [0.05, 0.1) is 5.75 Å². The molecule has 0 aromatic heterocycles. The Balaban J connectivity index is 1.84. The highest BCUT2D eigenvalue weighted by atomic mass is 32.2. The first-order valence-electron chi connectivity index (χ1n) is 6.72. The van der Waals surface area contributed by atoms with Crippen LogP contribution < -0.4 is 5.32 Å². The summed E-state index contributed by atoms with van der Waals surface area (Å²) in [6.45, 7) is 5.54. The molecule has 1 saturated heterocycles. The van der Waals surface area contributed by atoms with E-state index in [2.05, 4.69) is 12.2 Å². The number of hydrogen-bond donors (Lipinski definition) is 1. The normalized spacial score (nSPS) is 31.6. The summed E-state index contributed by atoms with van der Waals surface area (Å²) in [4.78, 5) is 0. The summed E-state index contributed by atoms with van der Waals surface area (Å²) in [5.74, 6) is 0.906. The largest absolute Gasteiger partial charge is 0.313 e. The number of rotatable bonds is 5. The van der Waals surface area contributed by atoms with Gasteiger partial charge in [-0.05, 0) is 38.5 Å². The van der Waals surface area contributed by atoms with Crippen molar-refractivity contribution in [3.05, 3.63) is 0 Å². The third-order valence-corrected chi connectivity index (χ3v) is 5.78. The number of sulfonamides is 1. The Morgan fingerprint density at radius 1 is 1.24 bits per heavy atom. The maximum atomic E-state index is 12.2. The van der Waals surface area contributed by atoms with Gasteiger partial charge in [-0.1, -0.05) is 6.92 Å². The van der Waals surface area contributed by atoms with Crippen molar-refractivity contribution in [2.75, 3.05) is 18.8 Å². The van der Waals surface area contributed by atoms with Gasteiger partial charge >= 0.3 is 0 Å². The van der Waals surface area contributed by atoms with E-state index in [-0.39, 0.29) is 11.8 Å². The van der Waals surface area contributed by atoms with Crippen LogP contribution in [-0.2, 0) is 10.0 Å². The van der Waals surface area contributed by atoms with E-state index < -0.39 is 10.0 Å². The maximum absolute atomic E-state index is 12.2. The fourth-order valence-corrected chi connectivity index (χ4v) is 4.22. The van der Waals surface area contributed by atoms with E-state index in [1.54, 1.807) is 4.31 Å².